The van der Waals surface area contributed by atoms with Crippen molar-refractivity contribution in [3.05, 3.63) is 29.8 Å². The lowest BCUT2D eigenvalue weighted by Crippen LogP contribution is -2.41. The highest BCUT2D eigenvalue weighted by atomic mass is 16.3. The number of para-hydroxylation sites is 1. The summed E-state index contributed by atoms with van der Waals surface area (Å²) in [4.78, 5) is 23.5. The van der Waals surface area contributed by atoms with Crippen LogP contribution in [0.2, 0.25) is 0 Å². The summed E-state index contributed by atoms with van der Waals surface area (Å²) in [6.45, 7) is 2.22. The minimum atomic E-state index is -0.520. The zero-order valence-electron chi connectivity index (χ0n) is 14.6. The number of phenols is 1. The molecule has 1 rings (SSSR count). The van der Waals surface area contributed by atoms with Gasteiger partial charge < -0.3 is 5.11 Å². The summed E-state index contributed by atoms with van der Waals surface area (Å²) in [6, 6.07) is 6.21. The molecule has 2 amide bonds. The van der Waals surface area contributed by atoms with Crippen LogP contribution >= 0.6 is 0 Å². The summed E-state index contributed by atoms with van der Waals surface area (Å²) < 4.78 is 0. The highest BCUT2D eigenvalue weighted by Crippen LogP contribution is 2.14. The number of carbonyl (C=O) groups is 2. The number of hydrogen-bond acceptors (Lipinski definition) is 3. The van der Waals surface area contributed by atoms with E-state index in [1.807, 2.05) is 0 Å². The molecule has 24 heavy (non-hydrogen) atoms. The Balaban J connectivity index is 2.04. The maximum absolute atomic E-state index is 11.8. The van der Waals surface area contributed by atoms with Crippen molar-refractivity contribution in [1.82, 2.24) is 10.9 Å². The lowest BCUT2D eigenvalue weighted by molar-refractivity contribution is -0.122. The maximum atomic E-state index is 11.8. The molecule has 5 heteroatoms. The van der Waals surface area contributed by atoms with Crippen molar-refractivity contribution in [3.63, 3.8) is 0 Å². The number of aromatic hydroxyl groups is 1. The third-order valence-electron chi connectivity index (χ3n) is 3.97. The summed E-state index contributed by atoms with van der Waals surface area (Å²) in [6.07, 6.45) is 11.2. The largest absolute Gasteiger partial charge is 0.507 e. The Labute approximate surface area is 144 Å². The summed E-state index contributed by atoms with van der Waals surface area (Å²) in [5.74, 6) is -0.835. The standard InChI is InChI=1S/C19H30N2O3/c1-2-3-4-5-6-7-8-9-10-15-18(23)20-21-19(24)16-13-11-12-14-17(16)22/h11-14,22H,2-10,15H2,1H3,(H,20,23)(H,21,24). The van der Waals surface area contributed by atoms with E-state index in [1.165, 1.54) is 50.7 Å². The van der Waals surface area contributed by atoms with Gasteiger partial charge >= 0.3 is 0 Å². The molecule has 1 aromatic rings. The topological polar surface area (TPSA) is 78.4 Å². The Morgan fingerprint density at radius 3 is 2.08 bits per heavy atom. The van der Waals surface area contributed by atoms with E-state index in [4.69, 9.17) is 0 Å². The molecule has 0 aliphatic carbocycles. The average Bonchev–Trinajstić information content (AvgIpc) is 2.58. The van der Waals surface area contributed by atoms with E-state index in [0.29, 0.717) is 6.42 Å². The minimum Gasteiger partial charge on any atom is -0.507 e. The van der Waals surface area contributed by atoms with Crippen molar-refractivity contribution >= 4 is 11.8 Å². The SMILES string of the molecule is CCCCCCCCCCCC(=O)NNC(=O)c1ccccc1O. The quantitative estimate of drug-likeness (QED) is 0.421. The number of hydrogen-bond donors (Lipinski definition) is 3. The second-order valence-electron chi connectivity index (χ2n) is 6.10. The molecule has 134 valence electrons. The Morgan fingerprint density at radius 2 is 1.46 bits per heavy atom. The predicted octanol–water partition coefficient (Wildman–Crippen LogP) is 4.07. The first-order chi connectivity index (χ1) is 11.6. The smallest absolute Gasteiger partial charge is 0.273 e. The minimum absolute atomic E-state index is 0.108. The third kappa shape index (κ3) is 8.56. The predicted molar refractivity (Wildman–Crippen MR) is 95.6 cm³/mol. The van der Waals surface area contributed by atoms with Gasteiger partial charge in [0.25, 0.3) is 5.91 Å². The molecule has 0 fully saturated rings. The fraction of sp³-hybridized carbons (Fsp3) is 0.579. The van der Waals surface area contributed by atoms with Gasteiger partial charge in [-0.25, -0.2) is 0 Å². The highest BCUT2D eigenvalue weighted by molar-refractivity contribution is 5.97. The van der Waals surface area contributed by atoms with E-state index in [1.54, 1.807) is 12.1 Å². The number of phenolic OH excluding ortho intramolecular Hbond substituents is 1. The molecular formula is C19H30N2O3. The third-order valence-corrected chi connectivity index (χ3v) is 3.97. The van der Waals surface area contributed by atoms with Crippen molar-refractivity contribution < 1.29 is 14.7 Å². The first-order valence-electron chi connectivity index (χ1n) is 9.02. The number of amides is 2. The molecule has 0 heterocycles. The molecule has 1 aromatic carbocycles. The summed E-state index contributed by atoms with van der Waals surface area (Å²) in [7, 11) is 0. The van der Waals surface area contributed by atoms with Crippen molar-refractivity contribution in [3.8, 4) is 5.75 Å². The molecule has 0 aliphatic rings. The molecule has 3 N–H and O–H groups in total. The van der Waals surface area contributed by atoms with Gasteiger partial charge in [0.2, 0.25) is 5.91 Å². The van der Waals surface area contributed by atoms with Crippen LogP contribution in [0, 0.1) is 0 Å². The summed E-state index contributed by atoms with van der Waals surface area (Å²) >= 11 is 0. The van der Waals surface area contributed by atoms with Gasteiger partial charge in [-0.3, -0.25) is 20.4 Å². The number of hydrazine groups is 1. The van der Waals surface area contributed by atoms with Crippen LogP contribution in [-0.4, -0.2) is 16.9 Å². The van der Waals surface area contributed by atoms with Gasteiger partial charge in [-0.15, -0.1) is 0 Å². The number of unbranched alkanes of at least 4 members (excludes halogenated alkanes) is 8. The van der Waals surface area contributed by atoms with Gasteiger partial charge in [0.15, 0.2) is 0 Å². The van der Waals surface area contributed by atoms with E-state index in [9.17, 15) is 14.7 Å². The number of rotatable bonds is 11. The Bertz CT molecular complexity index is 503. The molecule has 0 saturated heterocycles. The van der Waals surface area contributed by atoms with Gasteiger partial charge in [0, 0.05) is 6.42 Å². The number of nitrogens with one attached hydrogen (secondary N) is 2. The first-order valence-corrected chi connectivity index (χ1v) is 9.02. The summed E-state index contributed by atoms with van der Waals surface area (Å²) in [5, 5.41) is 9.56. The van der Waals surface area contributed by atoms with Crippen molar-refractivity contribution in [1.29, 1.82) is 0 Å². The van der Waals surface area contributed by atoms with Gasteiger partial charge in [-0.05, 0) is 18.6 Å². The molecule has 5 nitrogen and oxygen atoms in total. The van der Waals surface area contributed by atoms with Gasteiger partial charge in [-0.2, -0.15) is 0 Å². The van der Waals surface area contributed by atoms with E-state index < -0.39 is 5.91 Å². The Kier molecular flexibility index (Phi) is 10.3. The van der Waals surface area contributed by atoms with Crippen LogP contribution in [0.3, 0.4) is 0 Å². The Morgan fingerprint density at radius 1 is 0.875 bits per heavy atom. The fourth-order valence-corrected chi connectivity index (χ4v) is 2.52. The second kappa shape index (κ2) is 12.4. The summed E-state index contributed by atoms with van der Waals surface area (Å²) in [5.41, 5.74) is 4.85. The monoisotopic (exact) mass is 334 g/mol. The highest BCUT2D eigenvalue weighted by Gasteiger charge is 2.10. The average molecular weight is 334 g/mol. The molecule has 0 bridgehead atoms. The molecule has 0 radical (unpaired) electrons. The normalized spacial score (nSPS) is 10.4. The van der Waals surface area contributed by atoms with Crippen LogP contribution < -0.4 is 10.9 Å². The van der Waals surface area contributed by atoms with Gasteiger partial charge in [-0.1, -0.05) is 70.4 Å². The molecule has 0 saturated carbocycles. The van der Waals surface area contributed by atoms with Crippen LogP contribution in [0.5, 0.6) is 5.75 Å². The van der Waals surface area contributed by atoms with E-state index in [2.05, 4.69) is 17.8 Å². The first kappa shape index (κ1) is 20.0. The molecule has 0 aromatic heterocycles. The van der Waals surface area contributed by atoms with Gasteiger partial charge in [0.1, 0.15) is 5.75 Å². The number of benzene rings is 1. The maximum Gasteiger partial charge on any atom is 0.273 e. The van der Waals surface area contributed by atoms with Crippen LogP contribution in [0.15, 0.2) is 24.3 Å². The lowest BCUT2D eigenvalue weighted by atomic mass is 10.1. The molecule has 0 spiro atoms. The number of carbonyl (C=O) groups excluding carboxylic acids is 2. The molecule has 0 aliphatic heterocycles. The van der Waals surface area contributed by atoms with Crippen molar-refractivity contribution in [2.24, 2.45) is 0 Å². The van der Waals surface area contributed by atoms with E-state index >= 15 is 0 Å². The zero-order chi connectivity index (χ0) is 17.6. The Hall–Kier alpha value is -2.04. The van der Waals surface area contributed by atoms with Crippen molar-refractivity contribution in [2.45, 2.75) is 71.1 Å². The fourth-order valence-electron chi connectivity index (χ4n) is 2.52. The van der Waals surface area contributed by atoms with Crippen LogP contribution in [0.25, 0.3) is 0 Å². The van der Waals surface area contributed by atoms with Crippen LogP contribution in [0.4, 0.5) is 0 Å². The van der Waals surface area contributed by atoms with E-state index in [-0.39, 0.29) is 17.2 Å². The second-order valence-corrected chi connectivity index (χ2v) is 6.10. The molecule has 0 unspecified atom stereocenters. The lowest BCUT2D eigenvalue weighted by Gasteiger charge is -2.08. The molecular weight excluding hydrogens is 304 g/mol. The van der Waals surface area contributed by atoms with Crippen LogP contribution in [-0.2, 0) is 4.79 Å². The zero-order valence-corrected chi connectivity index (χ0v) is 14.6. The van der Waals surface area contributed by atoms with Crippen LogP contribution in [0.1, 0.15) is 81.5 Å². The van der Waals surface area contributed by atoms with Gasteiger partial charge in [0.05, 0.1) is 5.56 Å². The van der Waals surface area contributed by atoms with E-state index in [0.717, 1.165) is 19.3 Å². The molecule has 0 atom stereocenters. The van der Waals surface area contributed by atoms with Crippen molar-refractivity contribution in [2.75, 3.05) is 0 Å².